The molecular formula is C17H18Cl2N2O4. The Bertz CT molecular complexity index is 705. The van der Waals surface area contributed by atoms with E-state index in [2.05, 4.69) is 10.6 Å². The second kappa shape index (κ2) is 9.96. The molecule has 1 aromatic heterocycles. The van der Waals surface area contributed by atoms with Gasteiger partial charge in [0.2, 0.25) is 11.8 Å². The molecule has 134 valence electrons. The van der Waals surface area contributed by atoms with Crippen molar-refractivity contribution in [1.29, 1.82) is 0 Å². The van der Waals surface area contributed by atoms with Gasteiger partial charge in [0.15, 0.2) is 0 Å². The number of amides is 2. The van der Waals surface area contributed by atoms with Crippen molar-refractivity contribution in [3.8, 4) is 5.75 Å². The van der Waals surface area contributed by atoms with Crippen molar-refractivity contribution in [3.63, 3.8) is 0 Å². The molecule has 0 unspecified atom stereocenters. The maximum atomic E-state index is 11.7. The largest absolute Gasteiger partial charge is 0.492 e. The van der Waals surface area contributed by atoms with Gasteiger partial charge in [0, 0.05) is 11.4 Å². The molecule has 2 amide bonds. The lowest BCUT2D eigenvalue weighted by atomic mass is 10.3. The molecule has 0 saturated heterocycles. The van der Waals surface area contributed by atoms with Crippen LogP contribution in [-0.4, -0.2) is 25.0 Å². The van der Waals surface area contributed by atoms with Crippen LogP contribution in [0.2, 0.25) is 10.0 Å². The van der Waals surface area contributed by atoms with Gasteiger partial charge >= 0.3 is 0 Å². The zero-order valence-electron chi connectivity index (χ0n) is 13.4. The van der Waals surface area contributed by atoms with Gasteiger partial charge in [0.05, 0.1) is 31.0 Å². The number of carbonyl (C=O) groups excluding carboxylic acids is 2. The molecule has 0 spiro atoms. The van der Waals surface area contributed by atoms with Crippen LogP contribution >= 0.6 is 23.2 Å². The van der Waals surface area contributed by atoms with Crippen LogP contribution in [-0.2, 0) is 16.1 Å². The van der Waals surface area contributed by atoms with Gasteiger partial charge in [0.1, 0.15) is 11.5 Å². The van der Waals surface area contributed by atoms with E-state index in [4.69, 9.17) is 32.4 Å². The lowest BCUT2D eigenvalue weighted by Gasteiger charge is -2.08. The second-order valence-corrected chi connectivity index (χ2v) is 6.00. The fourth-order valence-electron chi connectivity index (χ4n) is 1.94. The number of hydrogen-bond donors (Lipinski definition) is 2. The van der Waals surface area contributed by atoms with E-state index in [1.165, 1.54) is 6.26 Å². The SMILES string of the molecule is O=C(CCCOc1ccc(Cl)cc1Cl)NCC(=O)NCc1ccco1. The minimum absolute atomic E-state index is 0.0799. The number of ether oxygens (including phenoxy) is 1. The van der Waals surface area contributed by atoms with Crippen LogP contribution in [0.1, 0.15) is 18.6 Å². The van der Waals surface area contributed by atoms with Crippen molar-refractivity contribution in [2.45, 2.75) is 19.4 Å². The van der Waals surface area contributed by atoms with Crippen molar-refractivity contribution in [2.75, 3.05) is 13.2 Å². The number of carbonyl (C=O) groups is 2. The zero-order chi connectivity index (χ0) is 18.1. The number of hydrogen-bond acceptors (Lipinski definition) is 4. The van der Waals surface area contributed by atoms with Crippen molar-refractivity contribution in [2.24, 2.45) is 0 Å². The highest BCUT2D eigenvalue weighted by Crippen LogP contribution is 2.27. The summed E-state index contributed by atoms with van der Waals surface area (Å²) in [4.78, 5) is 23.3. The summed E-state index contributed by atoms with van der Waals surface area (Å²) in [7, 11) is 0. The van der Waals surface area contributed by atoms with Gasteiger partial charge < -0.3 is 19.8 Å². The summed E-state index contributed by atoms with van der Waals surface area (Å²) in [5.74, 6) is 0.661. The standard InChI is InChI=1S/C17H18Cl2N2O4/c18-12-5-6-15(14(19)9-12)25-8-2-4-16(22)21-11-17(23)20-10-13-3-1-7-24-13/h1,3,5-7,9H,2,4,8,10-11H2,(H,20,23)(H,21,22). The average Bonchev–Trinajstić information content (AvgIpc) is 3.10. The van der Waals surface area contributed by atoms with E-state index in [0.29, 0.717) is 34.6 Å². The molecule has 2 aromatic rings. The van der Waals surface area contributed by atoms with Gasteiger partial charge in [-0.15, -0.1) is 0 Å². The maximum absolute atomic E-state index is 11.7. The van der Waals surface area contributed by atoms with Crippen LogP contribution < -0.4 is 15.4 Å². The number of benzene rings is 1. The Morgan fingerprint density at radius 3 is 2.68 bits per heavy atom. The van der Waals surface area contributed by atoms with E-state index < -0.39 is 0 Å². The van der Waals surface area contributed by atoms with Crippen molar-refractivity contribution >= 4 is 35.0 Å². The first-order chi connectivity index (χ1) is 12.0. The molecule has 2 N–H and O–H groups in total. The fraction of sp³-hybridized carbons (Fsp3) is 0.294. The highest BCUT2D eigenvalue weighted by molar-refractivity contribution is 6.35. The summed E-state index contributed by atoms with van der Waals surface area (Å²) >= 11 is 11.8. The Labute approximate surface area is 155 Å². The van der Waals surface area contributed by atoms with E-state index in [0.717, 1.165) is 0 Å². The molecule has 0 bridgehead atoms. The third-order valence-corrected chi connectivity index (χ3v) is 3.72. The summed E-state index contributed by atoms with van der Waals surface area (Å²) in [6.07, 6.45) is 2.28. The predicted molar refractivity (Wildman–Crippen MR) is 94.8 cm³/mol. The molecule has 0 radical (unpaired) electrons. The molecule has 0 saturated carbocycles. The molecule has 2 rings (SSSR count). The number of rotatable bonds is 9. The van der Waals surface area contributed by atoms with E-state index in [-0.39, 0.29) is 31.3 Å². The monoisotopic (exact) mass is 384 g/mol. The average molecular weight is 385 g/mol. The molecule has 1 aromatic carbocycles. The summed E-state index contributed by atoms with van der Waals surface area (Å²) in [6, 6.07) is 8.44. The molecule has 8 heteroatoms. The number of nitrogens with one attached hydrogen (secondary N) is 2. The smallest absolute Gasteiger partial charge is 0.239 e. The van der Waals surface area contributed by atoms with E-state index in [1.807, 2.05) is 0 Å². The van der Waals surface area contributed by atoms with Crippen LogP contribution in [0.3, 0.4) is 0 Å². The third kappa shape index (κ3) is 7.07. The molecule has 0 aliphatic carbocycles. The molecule has 6 nitrogen and oxygen atoms in total. The zero-order valence-corrected chi connectivity index (χ0v) is 14.9. The first-order valence-corrected chi connectivity index (χ1v) is 8.44. The van der Waals surface area contributed by atoms with Crippen molar-refractivity contribution in [3.05, 3.63) is 52.4 Å². The number of furan rings is 1. The minimum Gasteiger partial charge on any atom is -0.492 e. The topological polar surface area (TPSA) is 80.6 Å². The molecule has 0 fully saturated rings. The van der Waals surface area contributed by atoms with Gasteiger partial charge in [-0.25, -0.2) is 0 Å². The van der Waals surface area contributed by atoms with Crippen molar-refractivity contribution < 1.29 is 18.7 Å². The molecule has 0 atom stereocenters. The lowest BCUT2D eigenvalue weighted by molar-refractivity contribution is -0.126. The molecular weight excluding hydrogens is 367 g/mol. The molecule has 0 aliphatic rings. The minimum atomic E-state index is -0.283. The summed E-state index contributed by atoms with van der Waals surface area (Å²) in [6.45, 7) is 0.542. The maximum Gasteiger partial charge on any atom is 0.239 e. The first kappa shape index (κ1) is 19.1. The van der Waals surface area contributed by atoms with E-state index in [9.17, 15) is 9.59 Å². The van der Waals surface area contributed by atoms with Crippen LogP contribution in [0, 0.1) is 0 Å². The normalized spacial score (nSPS) is 10.3. The summed E-state index contributed by atoms with van der Waals surface area (Å²) in [5, 5.41) is 6.14. The van der Waals surface area contributed by atoms with Crippen LogP contribution in [0.15, 0.2) is 41.0 Å². The van der Waals surface area contributed by atoms with Crippen LogP contribution in [0.25, 0.3) is 0 Å². The van der Waals surface area contributed by atoms with Crippen LogP contribution in [0.4, 0.5) is 0 Å². The Kier molecular flexibility index (Phi) is 7.63. The van der Waals surface area contributed by atoms with E-state index in [1.54, 1.807) is 30.3 Å². The van der Waals surface area contributed by atoms with Gasteiger partial charge in [-0.2, -0.15) is 0 Å². The fourth-order valence-corrected chi connectivity index (χ4v) is 2.40. The Morgan fingerprint density at radius 1 is 1.12 bits per heavy atom. The molecule has 0 aliphatic heterocycles. The van der Waals surface area contributed by atoms with Gasteiger partial charge in [-0.1, -0.05) is 23.2 Å². The lowest BCUT2D eigenvalue weighted by Crippen LogP contribution is -2.36. The van der Waals surface area contributed by atoms with Crippen molar-refractivity contribution in [1.82, 2.24) is 10.6 Å². The second-order valence-electron chi connectivity index (χ2n) is 5.16. The molecule has 1 heterocycles. The highest BCUT2D eigenvalue weighted by Gasteiger charge is 2.07. The summed E-state index contributed by atoms with van der Waals surface area (Å²) < 4.78 is 10.6. The Morgan fingerprint density at radius 2 is 1.96 bits per heavy atom. The predicted octanol–water partition coefficient (Wildman–Crippen LogP) is 3.18. The quantitative estimate of drug-likeness (QED) is 0.650. The summed E-state index contributed by atoms with van der Waals surface area (Å²) in [5.41, 5.74) is 0. The van der Waals surface area contributed by atoms with Gasteiger partial charge in [-0.3, -0.25) is 9.59 Å². The van der Waals surface area contributed by atoms with Gasteiger partial charge in [-0.05, 0) is 36.8 Å². The molecule has 25 heavy (non-hydrogen) atoms. The third-order valence-electron chi connectivity index (χ3n) is 3.19. The Balaban J connectivity index is 1.56. The Hall–Kier alpha value is -2.18. The van der Waals surface area contributed by atoms with Crippen LogP contribution in [0.5, 0.6) is 5.75 Å². The number of halogens is 2. The first-order valence-electron chi connectivity index (χ1n) is 7.68. The van der Waals surface area contributed by atoms with Gasteiger partial charge in [0.25, 0.3) is 0 Å². The highest BCUT2D eigenvalue weighted by atomic mass is 35.5. The van der Waals surface area contributed by atoms with E-state index >= 15 is 0 Å².